The topological polar surface area (TPSA) is 42.1 Å². The van der Waals surface area contributed by atoms with Crippen LogP contribution < -0.4 is 5.73 Å². The molecule has 3 nitrogen and oxygen atoms in total. The molecule has 0 bridgehead atoms. The van der Waals surface area contributed by atoms with Gasteiger partial charge in [-0.05, 0) is 32.2 Å². The number of hydrogen-bond donors (Lipinski definition) is 1. The van der Waals surface area contributed by atoms with E-state index >= 15 is 0 Å². The summed E-state index contributed by atoms with van der Waals surface area (Å²) < 4.78 is 0.773. The molecular weight excluding hydrogens is 242 g/mol. The number of thiazole rings is 1. The van der Waals surface area contributed by atoms with Gasteiger partial charge in [0.05, 0.1) is 12.7 Å². The molecule has 1 aliphatic rings. The lowest BCUT2D eigenvalue weighted by molar-refractivity contribution is 0.113. The highest BCUT2D eigenvalue weighted by atomic mass is 35.5. The van der Waals surface area contributed by atoms with Crippen molar-refractivity contribution in [3.63, 3.8) is 0 Å². The highest BCUT2D eigenvalue weighted by Gasteiger charge is 2.25. The summed E-state index contributed by atoms with van der Waals surface area (Å²) in [6, 6.07) is 0.630. The molecule has 2 N–H and O–H groups in total. The Hall–Kier alpha value is -0.160. The zero-order chi connectivity index (χ0) is 11.5. The van der Waals surface area contributed by atoms with Crippen molar-refractivity contribution < 1.29 is 0 Å². The van der Waals surface area contributed by atoms with Gasteiger partial charge in [0.2, 0.25) is 0 Å². The van der Waals surface area contributed by atoms with E-state index in [1.807, 2.05) is 0 Å². The van der Waals surface area contributed by atoms with E-state index in [1.165, 1.54) is 12.8 Å². The normalized spacial score (nSPS) is 27.2. The Labute approximate surface area is 106 Å². The lowest BCUT2D eigenvalue weighted by atomic mass is 9.94. The molecule has 0 amide bonds. The second-order valence-corrected chi connectivity index (χ2v) is 6.26. The zero-order valence-electron chi connectivity index (χ0n) is 9.53. The smallest absolute Gasteiger partial charge is 0.113 e. The number of aromatic nitrogens is 1. The highest BCUT2D eigenvalue weighted by Crippen LogP contribution is 2.25. The molecule has 0 saturated carbocycles. The first-order valence-electron chi connectivity index (χ1n) is 5.73. The first-order valence-corrected chi connectivity index (χ1v) is 6.92. The van der Waals surface area contributed by atoms with Crippen molar-refractivity contribution in [2.45, 2.75) is 32.4 Å². The van der Waals surface area contributed by atoms with E-state index in [4.69, 9.17) is 17.3 Å². The van der Waals surface area contributed by atoms with E-state index in [0.717, 1.165) is 29.0 Å². The maximum Gasteiger partial charge on any atom is 0.113 e. The predicted octanol–water partition coefficient (Wildman–Crippen LogP) is 2.36. The van der Waals surface area contributed by atoms with Gasteiger partial charge in [-0.2, -0.15) is 0 Å². The van der Waals surface area contributed by atoms with Gasteiger partial charge in [-0.15, -0.1) is 11.3 Å². The molecule has 90 valence electrons. The lowest BCUT2D eigenvalue weighted by Crippen LogP contribution is -2.43. The average molecular weight is 260 g/mol. The third-order valence-electron chi connectivity index (χ3n) is 3.31. The molecular formula is C11H18ClN3S. The minimum Gasteiger partial charge on any atom is -0.330 e. The molecule has 5 heteroatoms. The molecule has 16 heavy (non-hydrogen) atoms. The SMILES string of the molecule is CC1CCC(CN)CN1Cc1ncc(Cl)s1. The molecule has 2 heterocycles. The summed E-state index contributed by atoms with van der Waals surface area (Å²) in [4.78, 5) is 6.78. The summed E-state index contributed by atoms with van der Waals surface area (Å²) in [5.74, 6) is 0.645. The summed E-state index contributed by atoms with van der Waals surface area (Å²) >= 11 is 7.46. The number of nitrogens with zero attached hydrogens (tertiary/aromatic N) is 2. The van der Waals surface area contributed by atoms with Crippen molar-refractivity contribution in [2.24, 2.45) is 11.7 Å². The summed E-state index contributed by atoms with van der Waals surface area (Å²) in [6.45, 7) is 5.08. The quantitative estimate of drug-likeness (QED) is 0.906. The third-order valence-corrected chi connectivity index (χ3v) is 4.41. The summed E-state index contributed by atoms with van der Waals surface area (Å²) in [6.07, 6.45) is 4.23. The monoisotopic (exact) mass is 259 g/mol. The van der Waals surface area contributed by atoms with Gasteiger partial charge in [0.25, 0.3) is 0 Å². The third kappa shape index (κ3) is 2.94. The molecule has 0 spiro atoms. The standard InChI is InChI=1S/C11H18ClN3S/c1-8-2-3-9(4-13)6-15(8)7-11-14-5-10(12)16-11/h5,8-9H,2-4,6-7,13H2,1H3. The maximum absolute atomic E-state index is 5.89. The minimum atomic E-state index is 0.630. The fourth-order valence-electron chi connectivity index (χ4n) is 2.21. The van der Waals surface area contributed by atoms with Gasteiger partial charge in [0, 0.05) is 12.6 Å². The van der Waals surface area contributed by atoms with Gasteiger partial charge >= 0.3 is 0 Å². The predicted molar refractivity (Wildman–Crippen MR) is 68.8 cm³/mol. The minimum absolute atomic E-state index is 0.630. The van der Waals surface area contributed by atoms with E-state index in [0.29, 0.717) is 12.0 Å². The van der Waals surface area contributed by atoms with Crippen LogP contribution in [0, 0.1) is 5.92 Å². The fourth-order valence-corrected chi connectivity index (χ4v) is 3.19. The summed E-state index contributed by atoms with van der Waals surface area (Å²) in [7, 11) is 0. The van der Waals surface area contributed by atoms with Crippen LogP contribution in [0.1, 0.15) is 24.8 Å². The molecule has 1 fully saturated rings. The van der Waals surface area contributed by atoms with Crippen molar-refractivity contribution in [1.82, 2.24) is 9.88 Å². The molecule has 0 aliphatic carbocycles. The second-order valence-electron chi connectivity index (χ2n) is 4.52. The second kappa shape index (κ2) is 5.45. The zero-order valence-corrected chi connectivity index (χ0v) is 11.1. The van der Waals surface area contributed by atoms with Crippen molar-refractivity contribution in [2.75, 3.05) is 13.1 Å². The molecule has 1 aromatic heterocycles. The maximum atomic E-state index is 5.89. The van der Waals surface area contributed by atoms with E-state index in [2.05, 4.69) is 16.8 Å². The first-order chi connectivity index (χ1) is 7.69. The van der Waals surface area contributed by atoms with E-state index in [9.17, 15) is 0 Å². The number of piperidine rings is 1. The van der Waals surface area contributed by atoms with Gasteiger partial charge in [0.15, 0.2) is 0 Å². The van der Waals surface area contributed by atoms with Crippen LogP contribution in [0.25, 0.3) is 0 Å². The van der Waals surface area contributed by atoms with E-state index in [1.54, 1.807) is 17.5 Å². The average Bonchev–Trinajstić information content (AvgIpc) is 2.67. The van der Waals surface area contributed by atoms with Crippen LogP contribution in [-0.2, 0) is 6.54 Å². The number of halogens is 1. The van der Waals surface area contributed by atoms with E-state index in [-0.39, 0.29) is 0 Å². The summed E-state index contributed by atoms with van der Waals surface area (Å²) in [5.41, 5.74) is 5.75. The van der Waals surface area contributed by atoms with Crippen LogP contribution in [0.5, 0.6) is 0 Å². The van der Waals surface area contributed by atoms with Crippen LogP contribution in [-0.4, -0.2) is 29.0 Å². The Bertz CT molecular complexity index is 342. The van der Waals surface area contributed by atoms with Gasteiger partial charge in [-0.25, -0.2) is 4.98 Å². The molecule has 0 aromatic carbocycles. The van der Waals surface area contributed by atoms with Crippen LogP contribution in [0.15, 0.2) is 6.20 Å². The lowest BCUT2D eigenvalue weighted by Gasteiger charge is -2.37. The van der Waals surface area contributed by atoms with Crippen LogP contribution in [0.3, 0.4) is 0 Å². The van der Waals surface area contributed by atoms with Crippen LogP contribution >= 0.6 is 22.9 Å². The van der Waals surface area contributed by atoms with Crippen molar-refractivity contribution >= 4 is 22.9 Å². The molecule has 2 unspecified atom stereocenters. The van der Waals surface area contributed by atoms with Crippen molar-refractivity contribution in [3.05, 3.63) is 15.5 Å². The van der Waals surface area contributed by atoms with Crippen LogP contribution in [0.2, 0.25) is 4.34 Å². The van der Waals surface area contributed by atoms with E-state index < -0.39 is 0 Å². The van der Waals surface area contributed by atoms with Gasteiger partial charge in [-0.1, -0.05) is 11.6 Å². The van der Waals surface area contributed by atoms with Crippen molar-refractivity contribution in [1.29, 1.82) is 0 Å². The van der Waals surface area contributed by atoms with Gasteiger partial charge in [-0.3, -0.25) is 4.90 Å². The number of nitrogens with two attached hydrogens (primary N) is 1. The Balaban J connectivity index is 1.96. The van der Waals surface area contributed by atoms with Gasteiger partial charge in [0.1, 0.15) is 9.34 Å². The molecule has 0 radical (unpaired) electrons. The Kier molecular flexibility index (Phi) is 4.19. The molecule has 1 aromatic rings. The number of likely N-dealkylation sites (tertiary alicyclic amines) is 1. The Morgan fingerprint density at radius 3 is 3.06 bits per heavy atom. The Morgan fingerprint density at radius 2 is 2.44 bits per heavy atom. The largest absolute Gasteiger partial charge is 0.330 e. The highest BCUT2D eigenvalue weighted by molar-refractivity contribution is 7.15. The first kappa shape index (κ1) is 12.3. The van der Waals surface area contributed by atoms with Crippen molar-refractivity contribution in [3.8, 4) is 0 Å². The molecule has 2 rings (SSSR count). The van der Waals surface area contributed by atoms with Gasteiger partial charge < -0.3 is 5.73 Å². The van der Waals surface area contributed by atoms with Crippen LogP contribution in [0.4, 0.5) is 0 Å². The fraction of sp³-hybridized carbons (Fsp3) is 0.727. The number of rotatable bonds is 3. The summed E-state index contributed by atoms with van der Waals surface area (Å²) in [5, 5.41) is 1.11. The number of hydrogen-bond acceptors (Lipinski definition) is 4. The molecule has 1 saturated heterocycles. The molecule has 1 aliphatic heterocycles. The molecule has 2 atom stereocenters. The Morgan fingerprint density at radius 1 is 1.62 bits per heavy atom.